The van der Waals surface area contributed by atoms with Gasteiger partial charge in [-0.05, 0) is 31.5 Å². The van der Waals surface area contributed by atoms with E-state index in [1.165, 1.54) is 0 Å². The summed E-state index contributed by atoms with van der Waals surface area (Å²) in [5.74, 6) is 0.211. The second-order valence-electron chi connectivity index (χ2n) is 4.02. The molecule has 0 amide bonds. The Labute approximate surface area is 90.4 Å². The van der Waals surface area contributed by atoms with Gasteiger partial charge in [0.15, 0.2) is 0 Å². The van der Waals surface area contributed by atoms with Crippen LogP contribution < -0.4 is 0 Å². The van der Waals surface area contributed by atoms with E-state index in [0.717, 1.165) is 38.2 Å². The molecule has 1 aromatic heterocycles. The van der Waals surface area contributed by atoms with Crippen molar-refractivity contribution >= 4 is 0 Å². The molecule has 1 aliphatic heterocycles. The molecule has 0 spiro atoms. The Morgan fingerprint density at radius 3 is 3.20 bits per heavy atom. The van der Waals surface area contributed by atoms with E-state index in [2.05, 4.69) is 16.0 Å². The molecule has 1 fully saturated rings. The van der Waals surface area contributed by atoms with Gasteiger partial charge in [-0.3, -0.25) is 9.88 Å². The van der Waals surface area contributed by atoms with E-state index in [1.807, 2.05) is 24.4 Å². The minimum atomic E-state index is 0.211. The summed E-state index contributed by atoms with van der Waals surface area (Å²) >= 11 is 0. The molecule has 3 nitrogen and oxygen atoms in total. The third-order valence-electron chi connectivity index (χ3n) is 2.80. The van der Waals surface area contributed by atoms with Crippen molar-refractivity contribution in [2.24, 2.45) is 5.92 Å². The molecule has 2 heterocycles. The van der Waals surface area contributed by atoms with Crippen LogP contribution >= 0.6 is 0 Å². The van der Waals surface area contributed by atoms with Gasteiger partial charge >= 0.3 is 0 Å². The van der Waals surface area contributed by atoms with E-state index in [1.54, 1.807) is 0 Å². The van der Waals surface area contributed by atoms with Crippen molar-refractivity contribution in [3.8, 4) is 6.07 Å². The number of nitriles is 1. The summed E-state index contributed by atoms with van der Waals surface area (Å²) in [5, 5.41) is 8.88. The molecular formula is C12H15N3. The van der Waals surface area contributed by atoms with Gasteiger partial charge in [0, 0.05) is 19.3 Å². The van der Waals surface area contributed by atoms with Crippen molar-refractivity contribution in [1.82, 2.24) is 9.88 Å². The summed E-state index contributed by atoms with van der Waals surface area (Å²) in [6.07, 6.45) is 4.00. The van der Waals surface area contributed by atoms with Gasteiger partial charge in [-0.25, -0.2) is 0 Å². The highest BCUT2D eigenvalue weighted by Gasteiger charge is 2.19. The van der Waals surface area contributed by atoms with Gasteiger partial charge in [0.05, 0.1) is 17.7 Å². The van der Waals surface area contributed by atoms with Gasteiger partial charge < -0.3 is 0 Å². The fourth-order valence-electron chi connectivity index (χ4n) is 2.03. The summed E-state index contributed by atoms with van der Waals surface area (Å²) in [4.78, 5) is 6.62. The van der Waals surface area contributed by atoms with Crippen LogP contribution in [-0.4, -0.2) is 23.0 Å². The van der Waals surface area contributed by atoms with Crippen molar-refractivity contribution < 1.29 is 0 Å². The van der Waals surface area contributed by atoms with E-state index in [0.29, 0.717) is 0 Å². The smallest absolute Gasteiger partial charge is 0.0669 e. The molecule has 0 radical (unpaired) electrons. The van der Waals surface area contributed by atoms with Gasteiger partial charge in [0.2, 0.25) is 0 Å². The average Bonchev–Trinajstić information content (AvgIpc) is 2.31. The summed E-state index contributed by atoms with van der Waals surface area (Å²) in [6, 6.07) is 8.33. The maximum absolute atomic E-state index is 8.88. The molecule has 1 unspecified atom stereocenters. The van der Waals surface area contributed by atoms with Crippen molar-refractivity contribution in [2.75, 3.05) is 13.1 Å². The SMILES string of the molecule is N#CC1CCCN(Cc2ccccn2)C1. The van der Waals surface area contributed by atoms with E-state index >= 15 is 0 Å². The summed E-state index contributed by atoms with van der Waals surface area (Å²) in [7, 11) is 0. The van der Waals surface area contributed by atoms with E-state index in [4.69, 9.17) is 5.26 Å². The average molecular weight is 201 g/mol. The van der Waals surface area contributed by atoms with Crippen LogP contribution in [0.1, 0.15) is 18.5 Å². The lowest BCUT2D eigenvalue weighted by Crippen LogP contribution is -2.34. The normalized spacial score (nSPS) is 22.2. The quantitative estimate of drug-likeness (QED) is 0.732. The molecule has 1 saturated heterocycles. The molecular weight excluding hydrogens is 186 g/mol. The monoisotopic (exact) mass is 201 g/mol. The first-order valence-corrected chi connectivity index (χ1v) is 5.40. The number of likely N-dealkylation sites (tertiary alicyclic amines) is 1. The highest BCUT2D eigenvalue weighted by Crippen LogP contribution is 2.16. The second kappa shape index (κ2) is 4.90. The Morgan fingerprint density at radius 1 is 1.53 bits per heavy atom. The first-order valence-electron chi connectivity index (χ1n) is 5.40. The second-order valence-corrected chi connectivity index (χ2v) is 4.02. The highest BCUT2D eigenvalue weighted by molar-refractivity contribution is 5.03. The lowest BCUT2D eigenvalue weighted by molar-refractivity contribution is 0.190. The number of hydrogen-bond donors (Lipinski definition) is 0. The van der Waals surface area contributed by atoms with Gasteiger partial charge in [-0.15, -0.1) is 0 Å². The third kappa shape index (κ3) is 2.77. The molecule has 3 heteroatoms. The fraction of sp³-hybridized carbons (Fsp3) is 0.500. The molecule has 0 aromatic carbocycles. The van der Waals surface area contributed by atoms with Crippen LogP contribution in [0.5, 0.6) is 0 Å². The first-order chi connectivity index (χ1) is 7.38. The van der Waals surface area contributed by atoms with Crippen molar-refractivity contribution in [1.29, 1.82) is 5.26 Å². The standard InChI is InChI=1S/C12H15N3/c13-8-11-4-3-7-15(9-11)10-12-5-1-2-6-14-12/h1-2,5-6,11H,3-4,7,9-10H2. The lowest BCUT2D eigenvalue weighted by atomic mass is 10.00. The van der Waals surface area contributed by atoms with Gasteiger partial charge in [0.1, 0.15) is 0 Å². The van der Waals surface area contributed by atoms with E-state index < -0.39 is 0 Å². The van der Waals surface area contributed by atoms with Crippen LogP contribution in [-0.2, 0) is 6.54 Å². The molecule has 15 heavy (non-hydrogen) atoms. The Hall–Kier alpha value is -1.40. The topological polar surface area (TPSA) is 39.9 Å². The molecule has 1 aliphatic rings. The molecule has 0 saturated carbocycles. The Balaban J connectivity index is 1.93. The van der Waals surface area contributed by atoms with Gasteiger partial charge in [-0.1, -0.05) is 6.07 Å². The molecule has 0 aliphatic carbocycles. The highest BCUT2D eigenvalue weighted by atomic mass is 15.1. The molecule has 1 atom stereocenters. The molecule has 0 bridgehead atoms. The zero-order valence-corrected chi connectivity index (χ0v) is 8.76. The summed E-state index contributed by atoms with van der Waals surface area (Å²) in [5.41, 5.74) is 1.09. The molecule has 0 N–H and O–H groups in total. The lowest BCUT2D eigenvalue weighted by Gasteiger charge is -2.28. The van der Waals surface area contributed by atoms with Crippen molar-refractivity contribution in [3.05, 3.63) is 30.1 Å². The predicted octanol–water partition coefficient (Wildman–Crippen LogP) is 1.82. The van der Waals surface area contributed by atoms with Crippen LogP contribution in [0, 0.1) is 17.2 Å². The number of pyridine rings is 1. The Kier molecular flexibility index (Phi) is 3.31. The summed E-state index contributed by atoms with van der Waals surface area (Å²) in [6.45, 7) is 2.86. The van der Waals surface area contributed by atoms with E-state index in [-0.39, 0.29) is 5.92 Å². The molecule has 78 valence electrons. The zero-order chi connectivity index (χ0) is 10.5. The van der Waals surface area contributed by atoms with Crippen LogP contribution in [0.2, 0.25) is 0 Å². The molecule has 1 aromatic rings. The van der Waals surface area contributed by atoms with Crippen LogP contribution in [0.4, 0.5) is 0 Å². The van der Waals surface area contributed by atoms with Crippen LogP contribution in [0.25, 0.3) is 0 Å². The first kappa shape index (κ1) is 10.1. The molecule has 2 rings (SSSR count). The number of nitrogens with zero attached hydrogens (tertiary/aromatic N) is 3. The zero-order valence-electron chi connectivity index (χ0n) is 8.76. The number of hydrogen-bond acceptors (Lipinski definition) is 3. The van der Waals surface area contributed by atoms with Crippen LogP contribution in [0.3, 0.4) is 0 Å². The minimum absolute atomic E-state index is 0.211. The van der Waals surface area contributed by atoms with Gasteiger partial charge in [-0.2, -0.15) is 5.26 Å². The van der Waals surface area contributed by atoms with Gasteiger partial charge in [0.25, 0.3) is 0 Å². The maximum Gasteiger partial charge on any atom is 0.0669 e. The number of piperidine rings is 1. The third-order valence-corrected chi connectivity index (χ3v) is 2.80. The van der Waals surface area contributed by atoms with Crippen molar-refractivity contribution in [3.63, 3.8) is 0 Å². The van der Waals surface area contributed by atoms with Crippen LogP contribution in [0.15, 0.2) is 24.4 Å². The minimum Gasteiger partial charge on any atom is -0.296 e. The predicted molar refractivity (Wildman–Crippen MR) is 57.9 cm³/mol. The Morgan fingerprint density at radius 2 is 2.47 bits per heavy atom. The maximum atomic E-state index is 8.88. The Bertz CT molecular complexity index is 342. The summed E-state index contributed by atoms with van der Waals surface area (Å²) < 4.78 is 0. The largest absolute Gasteiger partial charge is 0.296 e. The number of rotatable bonds is 2. The van der Waals surface area contributed by atoms with Crippen molar-refractivity contribution in [2.45, 2.75) is 19.4 Å². The number of aromatic nitrogens is 1. The van der Waals surface area contributed by atoms with E-state index in [9.17, 15) is 0 Å². The fourth-order valence-corrected chi connectivity index (χ4v) is 2.03.